The average Bonchev–Trinajstić information content (AvgIpc) is 2.82. The molecular formula is C14H21N. The number of hydrogen-bond acceptors (Lipinski definition) is 1. The van der Waals surface area contributed by atoms with Crippen molar-refractivity contribution in [3.8, 4) is 0 Å². The van der Waals surface area contributed by atoms with Crippen LogP contribution in [0.1, 0.15) is 48.1 Å². The number of aryl methyl sites for hydroxylation is 3. The highest BCUT2D eigenvalue weighted by Crippen LogP contribution is 2.54. The van der Waals surface area contributed by atoms with Crippen molar-refractivity contribution in [2.24, 2.45) is 11.1 Å². The van der Waals surface area contributed by atoms with Crippen molar-refractivity contribution < 1.29 is 0 Å². The highest BCUT2D eigenvalue weighted by Gasteiger charge is 2.44. The highest BCUT2D eigenvalue weighted by atomic mass is 14.7. The molecule has 1 saturated carbocycles. The number of nitrogens with two attached hydrogens (primary N) is 1. The molecule has 2 rings (SSSR count). The monoisotopic (exact) mass is 203 g/mol. The number of benzene rings is 1. The van der Waals surface area contributed by atoms with E-state index in [2.05, 4.69) is 39.8 Å². The van der Waals surface area contributed by atoms with Crippen molar-refractivity contribution >= 4 is 0 Å². The van der Waals surface area contributed by atoms with Gasteiger partial charge in [-0.1, -0.05) is 24.6 Å². The minimum absolute atomic E-state index is 0.220. The Kier molecular flexibility index (Phi) is 2.38. The Morgan fingerprint density at radius 3 is 2.00 bits per heavy atom. The third kappa shape index (κ3) is 1.81. The van der Waals surface area contributed by atoms with Crippen LogP contribution in [0.5, 0.6) is 0 Å². The molecule has 2 N–H and O–H groups in total. The van der Waals surface area contributed by atoms with Crippen molar-refractivity contribution in [2.45, 2.75) is 46.6 Å². The van der Waals surface area contributed by atoms with Gasteiger partial charge in [-0.3, -0.25) is 0 Å². The normalized spacial score (nSPS) is 20.1. The van der Waals surface area contributed by atoms with Crippen LogP contribution in [0.15, 0.2) is 12.1 Å². The molecule has 0 amide bonds. The van der Waals surface area contributed by atoms with Crippen LogP contribution in [0.3, 0.4) is 0 Å². The van der Waals surface area contributed by atoms with E-state index in [4.69, 9.17) is 5.73 Å². The standard InChI is InChI=1S/C14H21N/c1-9-7-10(2)12(11(3)8-9)13(15)14(4)5-6-14/h7-8,13H,5-6,15H2,1-4H3. The van der Waals surface area contributed by atoms with Crippen LogP contribution in [0, 0.1) is 26.2 Å². The van der Waals surface area contributed by atoms with Gasteiger partial charge in [-0.15, -0.1) is 0 Å². The van der Waals surface area contributed by atoms with Crippen molar-refractivity contribution in [1.82, 2.24) is 0 Å². The smallest absolute Gasteiger partial charge is 0.0354 e. The molecule has 1 unspecified atom stereocenters. The van der Waals surface area contributed by atoms with E-state index in [1.165, 1.54) is 35.1 Å². The van der Waals surface area contributed by atoms with Gasteiger partial charge < -0.3 is 5.73 Å². The summed E-state index contributed by atoms with van der Waals surface area (Å²) in [4.78, 5) is 0. The molecule has 1 heteroatoms. The molecule has 1 nitrogen and oxygen atoms in total. The second kappa shape index (κ2) is 3.34. The van der Waals surface area contributed by atoms with Crippen LogP contribution in [0.4, 0.5) is 0 Å². The van der Waals surface area contributed by atoms with Gasteiger partial charge in [-0.25, -0.2) is 0 Å². The molecule has 1 aromatic carbocycles. The van der Waals surface area contributed by atoms with Gasteiger partial charge in [-0.2, -0.15) is 0 Å². The van der Waals surface area contributed by atoms with E-state index in [9.17, 15) is 0 Å². The SMILES string of the molecule is Cc1cc(C)c(C(N)C2(C)CC2)c(C)c1. The van der Waals surface area contributed by atoms with Gasteiger partial charge in [0.05, 0.1) is 0 Å². The molecular weight excluding hydrogens is 182 g/mol. The first-order valence-corrected chi connectivity index (χ1v) is 5.77. The maximum Gasteiger partial charge on any atom is 0.0354 e. The van der Waals surface area contributed by atoms with Gasteiger partial charge in [-0.05, 0) is 55.7 Å². The van der Waals surface area contributed by atoms with E-state index in [1.54, 1.807) is 0 Å². The molecule has 0 saturated heterocycles. The van der Waals surface area contributed by atoms with Crippen LogP contribution in [0.25, 0.3) is 0 Å². The summed E-state index contributed by atoms with van der Waals surface area (Å²) < 4.78 is 0. The van der Waals surface area contributed by atoms with Gasteiger partial charge in [0.25, 0.3) is 0 Å². The van der Waals surface area contributed by atoms with Crippen LogP contribution >= 0.6 is 0 Å². The maximum absolute atomic E-state index is 6.39. The molecule has 15 heavy (non-hydrogen) atoms. The van der Waals surface area contributed by atoms with Crippen LogP contribution in [0.2, 0.25) is 0 Å². The largest absolute Gasteiger partial charge is 0.323 e. The van der Waals surface area contributed by atoms with Gasteiger partial charge in [0.2, 0.25) is 0 Å². The molecule has 0 radical (unpaired) electrons. The zero-order valence-electron chi connectivity index (χ0n) is 10.2. The Morgan fingerprint density at radius 1 is 1.13 bits per heavy atom. The molecule has 1 aliphatic rings. The minimum Gasteiger partial charge on any atom is -0.323 e. The summed E-state index contributed by atoms with van der Waals surface area (Å²) in [5.74, 6) is 0. The molecule has 1 aliphatic carbocycles. The predicted molar refractivity (Wildman–Crippen MR) is 64.9 cm³/mol. The molecule has 1 fully saturated rings. The van der Waals surface area contributed by atoms with Crippen molar-refractivity contribution in [2.75, 3.05) is 0 Å². The molecule has 1 aromatic rings. The summed E-state index contributed by atoms with van der Waals surface area (Å²) in [6.07, 6.45) is 2.56. The number of rotatable bonds is 2. The lowest BCUT2D eigenvalue weighted by atomic mass is 9.86. The third-order valence-electron chi connectivity index (χ3n) is 3.84. The van der Waals surface area contributed by atoms with Crippen LogP contribution in [-0.2, 0) is 0 Å². The fourth-order valence-electron chi connectivity index (χ4n) is 2.54. The summed E-state index contributed by atoms with van der Waals surface area (Å²) >= 11 is 0. The first-order chi connectivity index (χ1) is 6.94. The Morgan fingerprint density at radius 2 is 1.60 bits per heavy atom. The Hall–Kier alpha value is -0.820. The molecule has 1 atom stereocenters. The Labute approximate surface area is 92.7 Å². The lowest BCUT2D eigenvalue weighted by Crippen LogP contribution is -2.22. The summed E-state index contributed by atoms with van der Waals surface area (Å²) in [6, 6.07) is 4.71. The summed E-state index contributed by atoms with van der Waals surface area (Å²) in [7, 11) is 0. The molecule has 0 aliphatic heterocycles. The molecule has 0 aromatic heterocycles. The summed E-state index contributed by atoms with van der Waals surface area (Å²) in [5, 5.41) is 0. The minimum atomic E-state index is 0.220. The molecule has 0 heterocycles. The Bertz CT molecular complexity index is 365. The predicted octanol–water partition coefficient (Wildman–Crippen LogP) is 3.41. The highest BCUT2D eigenvalue weighted by molar-refractivity contribution is 5.41. The molecule has 0 spiro atoms. The second-order valence-corrected chi connectivity index (χ2v) is 5.44. The van der Waals surface area contributed by atoms with Gasteiger partial charge in [0.1, 0.15) is 0 Å². The second-order valence-electron chi connectivity index (χ2n) is 5.44. The van der Waals surface area contributed by atoms with Gasteiger partial charge >= 0.3 is 0 Å². The lowest BCUT2D eigenvalue weighted by molar-refractivity contribution is 0.447. The van der Waals surface area contributed by atoms with Crippen LogP contribution in [-0.4, -0.2) is 0 Å². The van der Waals surface area contributed by atoms with E-state index in [0.717, 1.165) is 0 Å². The fourth-order valence-corrected chi connectivity index (χ4v) is 2.54. The zero-order chi connectivity index (χ0) is 11.2. The molecule has 82 valence electrons. The topological polar surface area (TPSA) is 26.0 Å². The molecule has 0 bridgehead atoms. The van der Waals surface area contributed by atoms with Crippen molar-refractivity contribution in [1.29, 1.82) is 0 Å². The van der Waals surface area contributed by atoms with E-state index < -0.39 is 0 Å². The fraction of sp³-hybridized carbons (Fsp3) is 0.571. The number of hydrogen-bond donors (Lipinski definition) is 1. The van der Waals surface area contributed by atoms with E-state index >= 15 is 0 Å². The van der Waals surface area contributed by atoms with Crippen molar-refractivity contribution in [3.05, 3.63) is 34.4 Å². The average molecular weight is 203 g/mol. The first kappa shape index (κ1) is 10.7. The van der Waals surface area contributed by atoms with Crippen LogP contribution < -0.4 is 5.73 Å². The third-order valence-corrected chi connectivity index (χ3v) is 3.84. The quantitative estimate of drug-likeness (QED) is 0.783. The lowest BCUT2D eigenvalue weighted by Gasteiger charge is -2.23. The first-order valence-electron chi connectivity index (χ1n) is 5.77. The van der Waals surface area contributed by atoms with Crippen molar-refractivity contribution in [3.63, 3.8) is 0 Å². The zero-order valence-corrected chi connectivity index (χ0v) is 10.2. The maximum atomic E-state index is 6.39. The summed E-state index contributed by atoms with van der Waals surface area (Å²) in [6.45, 7) is 8.81. The van der Waals surface area contributed by atoms with E-state index in [1.807, 2.05) is 0 Å². The van der Waals surface area contributed by atoms with E-state index in [0.29, 0.717) is 5.41 Å². The summed E-state index contributed by atoms with van der Waals surface area (Å²) in [5.41, 5.74) is 12.2. The van der Waals surface area contributed by atoms with Gasteiger partial charge in [0, 0.05) is 6.04 Å². The Balaban J connectivity index is 2.43. The van der Waals surface area contributed by atoms with E-state index in [-0.39, 0.29) is 6.04 Å². The van der Waals surface area contributed by atoms with Gasteiger partial charge in [0.15, 0.2) is 0 Å².